The van der Waals surface area contributed by atoms with Crippen molar-refractivity contribution >= 4 is 50.3 Å². The first kappa shape index (κ1) is 23.1. The average Bonchev–Trinajstić information content (AvgIpc) is 3.16. The number of anilines is 1. The number of nitrogens with zero attached hydrogens (tertiary/aromatic N) is 2. The summed E-state index contributed by atoms with van der Waals surface area (Å²) in [5.74, 6) is 0.290. The first-order valence-corrected chi connectivity index (χ1v) is 11.6. The maximum Gasteiger partial charge on any atom is 0.307 e. The predicted molar refractivity (Wildman–Crippen MR) is 137 cm³/mol. The number of hydrazone groups is 1. The quantitative estimate of drug-likeness (QED) is 0.320. The molecule has 172 valence electrons. The summed E-state index contributed by atoms with van der Waals surface area (Å²) in [5.41, 5.74) is 7.53. The topological polar surface area (TPSA) is 67.1 Å². The molecule has 0 radical (unpaired) electrons. The number of amides is 1. The first-order valence-electron chi connectivity index (χ1n) is 10.8. The van der Waals surface area contributed by atoms with Crippen LogP contribution in [-0.4, -0.2) is 30.8 Å². The van der Waals surface area contributed by atoms with E-state index in [4.69, 9.17) is 9.15 Å². The smallest absolute Gasteiger partial charge is 0.307 e. The third-order valence-corrected chi connectivity index (χ3v) is 6.24. The molecule has 0 aliphatic carbocycles. The summed E-state index contributed by atoms with van der Waals surface area (Å²) in [6.45, 7) is 11.0. The summed E-state index contributed by atoms with van der Waals surface area (Å²) in [7, 11) is 1.56. The number of hydrogen-bond acceptors (Lipinski definition) is 5. The Labute approximate surface area is 202 Å². The molecule has 0 atom stereocenters. The van der Waals surface area contributed by atoms with Gasteiger partial charge in [-0.25, -0.2) is 5.43 Å². The number of furan rings is 1. The van der Waals surface area contributed by atoms with E-state index in [2.05, 4.69) is 84.2 Å². The van der Waals surface area contributed by atoms with Crippen LogP contribution in [0.15, 0.2) is 56.5 Å². The molecule has 4 rings (SSSR count). The van der Waals surface area contributed by atoms with Gasteiger partial charge in [0.05, 0.1) is 18.9 Å². The zero-order chi connectivity index (χ0) is 23.9. The second kappa shape index (κ2) is 8.71. The molecule has 0 unspecified atom stereocenters. The summed E-state index contributed by atoms with van der Waals surface area (Å²) >= 11 is 3.43. The molecule has 0 saturated heterocycles. The van der Waals surface area contributed by atoms with Crippen molar-refractivity contribution in [3.63, 3.8) is 0 Å². The molecule has 0 saturated carbocycles. The highest BCUT2D eigenvalue weighted by Crippen LogP contribution is 2.40. The number of methoxy groups -OCH3 is 1. The van der Waals surface area contributed by atoms with Crippen molar-refractivity contribution in [3.05, 3.63) is 63.8 Å². The van der Waals surface area contributed by atoms with Gasteiger partial charge in [0.25, 0.3) is 0 Å². The van der Waals surface area contributed by atoms with Crippen LogP contribution in [0.5, 0.6) is 5.75 Å². The van der Waals surface area contributed by atoms with Crippen LogP contribution >= 0.6 is 15.9 Å². The van der Waals surface area contributed by atoms with Crippen LogP contribution in [0, 0.1) is 0 Å². The largest absolute Gasteiger partial charge is 0.493 e. The lowest BCUT2D eigenvalue weighted by atomic mass is 9.87. The van der Waals surface area contributed by atoms with E-state index in [0.29, 0.717) is 17.4 Å². The van der Waals surface area contributed by atoms with Gasteiger partial charge in [-0.05, 0) is 76.1 Å². The molecule has 1 aliphatic rings. The average molecular weight is 510 g/mol. The number of carbonyl (C=O) groups is 1. The minimum absolute atomic E-state index is 0.0559. The number of carbonyl (C=O) groups excluding carboxylic acids is 1. The Bertz CT molecular complexity index is 1290. The molecule has 7 heteroatoms. The van der Waals surface area contributed by atoms with Crippen molar-refractivity contribution in [2.75, 3.05) is 12.0 Å². The molecule has 1 N–H and O–H groups in total. The number of ether oxygens (including phenoxy) is 1. The Morgan fingerprint density at radius 1 is 1.24 bits per heavy atom. The molecule has 3 aromatic rings. The maximum absolute atomic E-state index is 12.6. The van der Waals surface area contributed by atoms with Crippen LogP contribution in [0.3, 0.4) is 0 Å². The highest BCUT2D eigenvalue weighted by Gasteiger charge is 2.32. The monoisotopic (exact) mass is 509 g/mol. The molecule has 1 aliphatic heterocycles. The van der Waals surface area contributed by atoms with E-state index in [-0.39, 0.29) is 11.3 Å². The van der Waals surface area contributed by atoms with Gasteiger partial charge < -0.3 is 14.1 Å². The van der Waals surface area contributed by atoms with Gasteiger partial charge in [-0.2, -0.15) is 5.10 Å². The van der Waals surface area contributed by atoms with E-state index in [0.717, 1.165) is 15.4 Å². The predicted octanol–water partition coefficient (Wildman–Crippen LogP) is 6.38. The fourth-order valence-corrected chi connectivity index (χ4v) is 5.12. The lowest BCUT2D eigenvalue weighted by Gasteiger charge is -2.46. The minimum Gasteiger partial charge on any atom is -0.493 e. The highest BCUT2D eigenvalue weighted by molar-refractivity contribution is 9.10. The molecule has 33 heavy (non-hydrogen) atoms. The number of rotatable bonds is 5. The fourth-order valence-electron chi connectivity index (χ4n) is 4.66. The van der Waals surface area contributed by atoms with E-state index < -0.39 is 5.91 Å². The third-order valence-electron chi connectivity index (χ3n) is 5.78. The van der Waals surface area contributed by atoms with Gasteiger partial charge in [0.2, 0.25) is 0 Å². The van der Waals surface area contributed by atoms with E-state index >= 15 is 0 Å². The van der Waals surface area contributed by atoms with Crippen molar-refractivity contribution in [1.29, 1.82) is 0 Å². The number of fused-ring (bicyclic) bond motifs is 2. The number of nitrogens with one attached hydrogen (secondary N) is 1. The zero-order valence-corrected chi connectivity index (χ0v) is 21.3. The summed E-state index contributed by atoms with van der Waals surface area (Å²) < 4.78 is 11.9. The molecule has 0 bridgehead atoms. The molecule has 0 fully saturated rings. The van der Waals surface area contributed by atoms with Crippen molar-refractivity contribution in [2.45, 2.75) is 46.2 Å². The van der Waals surface area contributed by atoms with Crippen molar-refractivity contribution in [2.24, 2.45) is 5.10 Å². The van der Waals surface area contributed by atoms with Crippen LogP contribution in [0.1, 0.15) is 56.3 Å². The van der Waals surface area contributed by atoms with Crippen molar-refractivity contribution in [1.82, 2.24) is 5.43 Å². The summed E-state index contributed by atoms with van der Waals surface area (Å²) in [4.78, 5) is 15.0. The Kier molecular flexibility index (Phi) is 6.10. The standard InChI is InChI=1S/C26H28BrN3O3/c1-15(2)30-21-8-7-17(9-20(21)16(3)13-26(30,4)5)14-28-29-25(31)23-11-18-10-19(27)12-22(32-6)24(18)33-23/h7-15H,1-6H3,(H,29,31)/b28-14-. The lowest BCUT2D eigenvalue weighted by molar-refractivity contribution is 0.0929. The Hall–Kier alpha value is -3.06. The number of benzene rings is 2. The van der Waals surface area contributed by atoms with Crippen LogP contribution in [0.2, 0.25) is 0 Å². The second-order valence-corrected chi connectivity index (χ2v) is 9.97. The first-order chi connectivity index (χ1) is 15.6. The number of hydrogen-bond donors (Lipinski definition) is 1. The number of allylic oxidation sites excluding steroid dienone is 1. The molecule has 6 nitrogen and oxygen atoms in total. The minimum atomic E-state index is -0.428. The molecule has 1 aromatic heterocycles. The van der Waals surface area contributed by atoms with E-state index in [1.807, 2.05) is 12.1 Å². The molecular weight excluding hydrogens is 482 g/mol. The lowest BCUT2D eigenvalue weighted by Crippen LogP contribution is -2.49. The van der Waals surface area contributed by atoms with Gasteiger partial charge in [0, 0.05) is 27.2 Å². The van der Waals surface area contributed by atoms with Gasteiger partial charge in [-0.15, -0.1) is 0 Å². The molecule has 2 heterocycles. The van der Waals surface area contributed by atoms with Gasteiger partial charge in [0.1, 0.15) is 0 Å². The van der Waals surface area contributed by atoms with Crippen LogP contribution in [0.25, 0.3) is 16.5 Å². The van der Waals surface area contributed by atoms with Gasteiger partial charge in [-0.1, -0.05) is 28.1 Å². The Morgan fingerprint density at radius 3 is 2.70 bits per heavy atom. The second-order valence-electron chi connectivity index (χ2n) is 9.06. The van der Waals surface area contributed by atoms with Crippen LogP contribution < -0.4 is 15.1 Å². The van der Waals surface area contributed by atoms with Gasteiger partial charge in [0.15, 0.2) is 17.1 Å². The van der Waals surface area contributed by atoms with Crippen molar-refractivity contribution in [3.8, 4) is 5.75 Å². The fraction of sp³-hybridized carbons (Fsp3) is 0.308. The summed E-state index contributed by atoms with van der Waals surface area (Å²) in [6, 6.07) is 11.9. The van der Waals surface area contributed by atoms with Gasteiger partial charge in [-0.3, -0.25) is 4.79 Å². The normalized spacial score (nSPS) is 15.2. The van der Waals surface area contributed by atoms with Crippen LogP contribution in [-0.2, 0) is 0 Å². The third kappa shape index (κ3) is 4.42. The molecule has 2 aromatic carbocycles. The van der Waals surface area contributed by atoms with E-state index in [1.165, 1.54) is 16.8 Å². The highest BCUT2D eigenvalue weighted by atomic mass is 79.9. The SMILES string of the molecule is COc1cc(Br)cc2cc(C(=O)N/N=C\c3ccc4c(c3)C(C)=CC(C)(C)N4C(C)C)oc12. The maximum atomic E-state index is 12.6. The van der Waals surface area contributed by atoms with Crippen LogP contribution in [0.4, 0.5) is 5.69 Å². The molecule has 1 amide bonds. The van der Waals surface area contributed by atoms with E-state index in [1.54, 1.807) is 25.5 Å². The Morgan fingerprint density at radius 2 is 2.00 bits per heavy atom. The Balaban J connectivity index is 1.54. The summed E-state index contributed by atoms with van der Waals surface area (Å²) in [5, 5.41) is 4.92. The van der Waals surface area contributed by atoms with Gasteiger partial charge >= 0.3 is 5.91 Å². The molecular formula is C26H28BrN3O3. The number of halogens is 1. The zero-order valence-electron chi connectivity index (χ0n) is 19.7. The summed E-state index contributed by atoms with van der Waals surface area (Å²) in [6.07, 6.45) is 3.94. The van der Waals surface area contributed by atoms with E-state index in [9.17, 15) is 4.79 Å². The van der Waals surface area contributed by atoms with Crippen molar-refractivity contribution < 1.29 is 13.9 Å². The molecule has 0 spiro atoms.